The van der Waals surface area contributed by atoms with E-state index in [1.807, 2.05) is 0 Å². The van der Waals surface area contributed by atoms with Gasteiger partial charge >= 0.3 is 0 Å². The predicted molar refractivity (Wildman–Crippen MR) is 91.4 cm³/mol. The number of fused-ring (bicyclic) bond motifs is 1. The summed E-state index contributed by atoms with van der Waals surface area (Å²) in [6.45, 7) is 0.811. The largest absolute Gasteiger partial charge is 0.384 e. The van der Waals surface area contributed by atoms with Gasteiger partial charge in [0.1, 0.15) is 28.1 Å². The summed E-state index contributed by atoms with van der Waals surface area (Å²) in [6.07, 6.45) is 3.78. The Morgan fingerprint density at radius 1 is 1.21 bits per heavy atom. The topological polar surface area (TPSA) is 114 Å². The van der Waals surface area contributed by atoms with E-state index in [0.29, 0.717) is 22.8 Å². The SMILES string of the molecule is Nc1[nH]c2c(NCC3CC3)ncnc2c1S(=O)(=O)c1ccccc1. The summed E-state index contributed by atoms with van der Waals surface area (Å²) >= 11 is 0. The highest BCUT2D eigenvalue weighted by Crippen LogP contribution is 2.35. The number of nitrogens with zero attached hydrogens (tertiary/aromatic N) is 2. The number of nitrogens with one attached hydrogen (secondary N) is 2. The Kier molecular flexibility index (Phi) is 3.42. The lowest BCUT2D eigenvalue weighted by Crippen LogP contribution is -2.06. The average Bonchev–Trinajstić information content (AvgIpc) is 3.34. The van der Waals surface area contributed by atoms with E-state index in [1.54, 1.807) is 30.3 Å². The highest BCUT2D eigenvalue weighted by molar-refractivity contribution is 7.92. The molecular weight excluding hydrogens is 326 g/mol. The van der Waals surface area contributed by atoms with Gasteiger partial charge in [0.15, 0.2) is 5.82 Å². The molecule has 3 aromatic rings. The molecule has 7 nitrogen and oxygen atoms in total. The fraction of sp³-hybridized carbons (Fsp3) is 0.250. The molecule has 0 aliphatic heterocycles. The van der Waals surface area contributed by atoms with Crippen LogP contribution in [0, 0.1) is 5.92 Å². The summed E-state index contributed by atoms with van der Waals surface area (Å²) in [5.41, 5.74) is 6.81. The first-order valence-electron chi connectivity index (χ1n) is 7.73. The van der Waals surface area contributed by atoms with Crippen LogP contribution in [0.25, 0.3) is 11.0 Å². The molecular formula is C16H17N5O2S. The number of hydrogen-bond acceptors (Lipinski definition) is 6. The molecule has 4 N–H and O–H groups in total. The summed E-state index contributed by atoms with van der Waals surface area (Å²) < 4.78 is 25.9. The fourth-order valence-electron chi connectivity index (χ4n) is 2.68. The van der Waals surface area contributed by atoms with E-state index in [2.05, 4.69) is 20.3 Å². The van der Waals surface area contributed by atoms with Crippen LogP contribution in [-0.4, -0.2) is 29.9 Å². The van der Waals surface area contributed by atoms with E-state index in [4.69, 9.17) is 5.73 Å². The van der Waals surface area contributed by atoms with Gasteiger partial charge in [-0.25, -0.2) is 18.4 Å². The number of hydrogen-bond donors (Lipinski definition) is 3. The van der Waals surface area contributed by atoms with Crippen molar-refractivity contribution in [3.63, 3.8) is 0 Å². The Bertz CT molecular complexity index is 994. The second kappa shape index (κ2) is 5.48. The molecule has 0 radical (unpaired) electrons. The number of nitrogens with two attached hydrogens (primary N) is 1. The monoisotopic (exact) mass is 343 g/mol. The van der Waals surface area contributed by atoms with Crippen molar-refractivity contribution in [2.24, 2.45) is 5.92 Å². The van der Waals surface area contributed by atoms with Gasteiger partial charge in [-0.1, -0.05) is 18.2 Å². The lowest BCUT2D eigenvalue weighted by atomic mass is 10.4. The van der Waals surface area contributed by atoms with Crippen LogP contribution in [0.4, 0.5) is 11.6 Å². The second-order valence-corrected chi connectivity index (χ2v) is 7.84. The van der Waals surface area contributed by atoms with Crippen LogP contribution in [0.2, 0.25) is 0 Å². The molecule has 0 spiro atoms. The van der Waals surface area contributed by atoms with Gasteiger partial charge < -0.3 is 16.0 Å². The molecule has 0 unspecified atom stereocenters. The van der Waals surface area contributed by atoms with Crippen LogP contribution in [0.1, 0.15) is 12.8 Å². The third-order valence-corrected chi connectivity index (χ3v) is 5.99. The van der Waals surface area contributed by atoms with E-state index in [1.165, 1.54) is 19.2 Å². The normalized spacial score (nSPS) is 14.8. The molecule has 1 aromatic carbocycles. The Morgan fingerprint density at radius 3 is 2.67 bits per heavy atom. The standard InChI is InChI=1S/C16H17N5O2S/c17-15-14(24(22,23)11-4-2-1-3-5-11)12-13(21-15)16(20-9-19-12)18-8-10-6-7-10/h1-5,9-10,21H,6-8,17H2,(H,18,19,20). The van der Waals surface area contributed by atoms with Crippen molar-refractivity contribution in [2.45, 2.75) is 22.6 Å². The first-order chi connectivity index (χ1) is 11.6. The van der Waals surface area contributed by atoms with Gasteiger partial charge in [0, 0.05) is 6.54 Å². The molecule has 1 aliphatic carbocycles. The average molecular weight is 343 g/mol. The zero-order chi connectivity index (χ0) is 16.7. The Hall–Kier alpha value is -2.61. The van der Waals surface area contributed by atoms with Gasteiger partial charge in [-0.2, -0.15) is 0 Å². The van der Waals surface area contributed by atoms with E-state index >= 15 is 0 Å². The zero-order valence-electron chi connectivity index (χ0n) is 12.9. The molecule has 24 heavy (non-hydrogen) atoms. The third kappa shape index (κ3) is 2.48. The van der Waals surface area contributed by atoms with Crippen molar-refractivity contribution in [1.29, 1.82) is 0 Å². The van der Waals surface area contributed by atoms with Gasteiger partial charge in [-0.05, 0) is 30.9 Å². The minimum Gasteiger partial charge on any atom is -0.384 e. The predicted octanol–water partition coefficient (Wildman–Crippen LogP) is 2.19. The number of H-pyrrole nitrogens is 1. The molecule has 1 aliphatic rings. The molecule has 2 heterocycles. The first-order valence-corrected chi connectivity index (χ1v) is 9.22. The number of rotatable bonds is 5. The quantitative estimate of drug-likeness (QED) is 0.654. The van der Waals surface area contributed by atoms with Crippen LogP contribution < -0.4 is 11.1 Å². The molecule has 2 aromatic heterocycles. The van der Waals surface area contributed by atoms with Crippen LogP contribution in [-0.2, 0) is 9.84 Å². The molecule has 0 bridgehead atoms. The van der Waals surface area contributed by atoms with Gasteiger partial charge in [-0.15, -0.1) is 0 Å². The van der Waals surface area contributed by atoms with Gasteiger partial charge in [0.25, 0.3) is 0 Å². The van der Waals surface area contributed by atoms with Crippen LogP contribution in [0.15, 0.2) is 46.5 Å². The summed E-state index contributed by atoms with van der Waals surface area (Å²) in [5, 5.41) is 3.25. The van der Waals surface area contributed by atoms with Crippen LogP contribution in [0.5, 0.6) is 0 Å². The van der Waals surface area contributed by atoms with E-state index < -0.39 is 9.84 Å². The summed E-state index contributed by atoms with van der Waals surface area (Å²) in [4.78, 5) is 11.5. The highest BCUT2D eigenvalue weighted by Gasteiger charge is 2.28. The summed E-state index contributed by atoms with van der Waals surface area (Å²) in [6, 6.07) is 8.20. The molecule has 124 valence electrons. The number of aromatic nitrogens is 3. The number of anilines is 2. The number of benzene rings is 1. The highest BCUT2D eigenvalue weighted by atomic mass is 32.2. The molecule has 1 fully saturated rings. The Morgan fingerprint density at radius 2 is 1.96 bits per heavy atom. The summed E-state index contributed by atoms with van der Waals surface area (Å²) in [5.74, 6) is 1.31. The van der Waals surface area contributed by atoms with Crippen molar-refractivity contribution in [3.05, 3.63) is 36.7 Å². The second-order valence-electron chi connectivity index (χ2n) is 5.95. The van der Waals surface area contributed by atoms with Crippen molar-refractivity contribution >= 4 is 32.5 Å². The molecule has 1 saturated carbocycles. The van der Waals surface area contributed by atoms with E-state index in [9.17, 15) is 8.42 Å². The molecule has 4 rings (SSSR count). The number of nitrogen functional groups attached to an aromatic ring is 1. The van der Waals surface area contributed by atoms with Crippen LogP contribution in [0.3, 0.4) is 0 Å². The van der Waals surface area contributed by atoms with Gasteiger partial charge in [-0.3, -0.25) is 0 Å². The fourth-order valence-corrected chi connectivity index (χ4v) is 4.18. The van der Waals surface area contributed by atoms with Crippen molar-refractivity contribution < 1.29 is 8.42 Å². The van der Waals surface area contributed by atoms with Crippen molar-refractivity contribution in [3.8, 4) is 0 Å². The zero-order valence-corrected chi connectivity index (χ0v) is 13.7. The maximum Gasteiger partial charge on any atom is 0.212 e. The van der Waals surface area contributed by atoms with E-state index in [-0.39, 0.29) is 15.6 Å². The molecule has 0 saturated heterocycles. The molecule has 0 amide bonds. The van der Waals surface area contributed by atoms with E-state index in [0.717, 1.165) is 6.54 Å². The Balaban J connectivity index is 1.84. The first kappa shape index (κ1) is 14.9. The minimum absolute atomic E-state index is 0.000530. The van der Waals surface area contributed by atoms with Crippen molar-refractivity contribution in [2.75, 3.05) is 17.6 Å². The third-order valence-electron chi connectivity index (χ3n) is 4.14. The maximum atomic E-state index is 12.9. The molecule has 8 heteroatoms. The smallest absolute Gasteiger partial charge is 0.212 e. The van der Waals surface area contributed by atoms with Gasteiger partial charge in [0.2, 0.25) is 9.84 Å². The molecule has 0 atom stereocenters. The minimum atomic E-state index is -3.76. The lowest BCUT2D eigenvalue weighted by Gasteiger charge is -2.06. The number of aromatic amines is 1. The maximum absolute atomic E-state index is 12.9. The van der Waals surface area contributed by atoms with Crippen molar-refractivity contribution in [1.82, 2.24) is 15.0 Å². The lowest BCUT2D eigenvalue weighted by molar-refractivity contribution is 0.597. The number of sulfone groups is 1. The summed E-state index contributed by atoms with van der Waals surface area (Å²) in [7, 11) is -3.76. The van der Waals surface area contributed by atoms with Crippen LogP contribution >= 0.6 is 0 Å². The Labute approximate surface area is 139 Å². The van der Waals surface area contributed by atoms with Gasteiger partial charge in [0.05, 0.1) is 4.90 Å².